The SMILES string of the molecule is Cc1nccn1CCCN(C)c1ccc2ccccc2n1. The number of aromatic nitrogens is 3. The smallest absolute Gasteiger partial charge is 0.128 e. The van der Waals surface area contributed by atoms with Gasteiger partial charge in [-0.25, -0.2) is 9.97 Å². The van der Waals surface area contributed by atoms with Gasteiger partial charge in [-0.1, -0.05) is 18.2 Å². The van der Waals surface area contributed by atoms with Gasteiger partial charge in [-0.2, -0.15) is 0 Å². The van der Waals surface area contributed by atoms with Crippen LogP contribution in [0.1, 0.15) is 12.2 Å². The first-order valence-corrected chi connectivity index (χ1v) is 7.29. The molecule has 0 aliphatic rings. The number of pyridine rings is 1. The van der Waals surface area contributed by atoms with Crippen molar-refractivity contribution in [3.63, 3.8) is 0 Å². The van der Waals surface area contributed by atoms with Crippen molar-refractivity contribution in [2.24, 2.45) is 0 Å². The Morgan fingerprint density at radius 3 is 2.81 bits per heavy atom. The molecular formula is C17H20N4. The minimum atomic E-state index is 0.975. The molecule has 1 aromatic carbocycles. The van der Waals surface area contributed by atoms with E-state index >= 15 is 0 Å². The molecule has 0 atom stereocenters. The molecule has 0 bridgehead atoms. The number of fused-ring (bicyclic) bond motifs is 1. The molecule has 0 saturated heterocycles. The number of para-hydroxylation sites is 1. The van der Waals surface area contributed by atoms with E-state index in [9.17, 15) is 0 Å². The molecule has 2 aromatic heterocycles. The second-order valence-corrected chi connectivity index (χ2v) is 5.31. The van der Waals surface area contributed by atoms with E-state index in [0.717, 1.165) is 36.7 Å². The Balaban J connectivity index is 1.63. The number of anilines is 1. The predicted molar refractivity (Wildman–Crippen MR) is 86.6 cm³/mol. The summed E-state index contributed by atoms with van der Waals surface area (Å²) in [4.78, 5) is 11.2. The minimum absolute atomic E-state index is 0.975. The van der Waals surface area contributed by atoms with Gasteiger partial charge in [0.05, 0.1) is 5.52 Å². The average molecular weight is 280 g/mol. The fourth-order valence-electron chi connectivity index (χ4n) is 2.50. The molecule has 0 fully saturated rings. The number of hydrogen-bond acceptors (Lipinski definition) is 3. The van der Waals surface area contributed by atoms with Crippen LogP contribution in [0.15, 0.2) is 48.8 Å². The van der Waals surface area contributed by atoms with Crippen LogP contribution in [0.25, 0.3) is 10.9 Å². The summed E-state index contributed by atoms with van der Waals surface area (Å²) in [5.74, 6) is 2.09. The summed E-state index contributed by atoms with van der Waals surface area (Å²) < 4.78 is 2.18. The second kappa shape index (κ2) is 5.95. The zero-order chi connectivity index (χ0) is 14.7. The van der Waals surface area contributed by atoms with E-state index in [1.807, 2.05) is 31.5 Å². The fourth-order valence-corrected chi connectivity index (χ4v) is 2.50. The lowest BCUT2D eigenvalue weighted by Gasteiger charge is -2.18. The van der Waals surface area contributed by atoms with Gasteiger partial charge >= 0.3 is 0 Å². The molecule has 0 saturated carbocycles. The average Bonchev–Trinajstić information content (AvgIpc) is 2.92. The Bertz CT molecular complexity index is 732. The number of hydrogen-bond donors (Lipinski definition) is 0. The van der Waals surface area contributed by atoms with Crippen molar-refractivity contribution >= 4 is 16.7 Å². The highest BCUT2D eigenvalue weighted by atomic mass is 15.2. The zero-order valence-corrected chi connectivity index (χ0v) is 12.5. The molecule has 4 nitrogen and oxygen atoms in total. The third kappa shape index (κ3) is 3.05. The third-order valence-electron chi connectivity index (χ3n) is 3.79. The molecule has 21 heavy (non-hydrogen) atoms. The number of aryl methyl sites for hydroxylation is 2. The number of benzene rings is 1. The summed E-state index contributed by atoms with van der Waals surface area (Å²) in [6, 6.07) is 12.4. The van der Waals surface area contributed by atoms with E-state index in [1.54, 1.807) is 0 Å². The highest BCUT2D eigenvalue weighted by Gasteiger charge is 2.04. The highest BCUT2D eigenvalue weighted by Crippen LogP contribution is 2.17. The van der Waals surface area contributed by atoms with Crippen LogP contribution in [0.4, 0.5) is 5.82 Å². The van der Waals surface area contributed by atoms with Crippen LogP contribution in [0.2, 0.25) is 0 Å². The van der Waals surface area contributed by atoms with Gasteiger partial charge in [0.1, 0.15) is 11.6 Å². The molecule has 3 aromatic rings. The van der Waals surface area contributed by atoms with Gasteiger partial charge in [-0.05, 0) is 31.5 Å². The van der Waals surface area contributed by atoms with E-state index in [0.29, 0.717) is 0 Å². The Labute approximate surface area is 125 Å². The van der Waals surface area contributed by atoms with Crippen molar-refractivity contribution in [2.45, 2.75) is 19.9 Å². The van der Waals surface area contributed by atoms with Gasteiger partial charge in [0.15, 0.2) is 0 Å². The molecule has 2 heterocycles. The summed E-state index contributed by atoms with van der Waals surface area (Å²) in [6.45, 7) is 4.00. The first kappa shape index (κ1) is 13.6. The summed E-state index contributed by atoms with van der Waals surface area (Å²) in [5.41, 5.74) is 1.05. The Morgan fingerprint density at radius 1 is 1.14 bits per heavy atom. The van der Waals surface area contributed by atoms with Crippen LogP contribution < -0.4 is 4.90 Å². The summed E-state index contributed by atoms with van der Waals surface area (Å²) >= 11 is 0. The normalized spacial score (nSPS) is 11.0. The maximum absolute atomic E-state index is 4.72. The summed E-state index contributed by atoms with van der Waals surface area (Å²) in [6.07, 6.45) is 4.95. The predicted octanol–water partition coefficient (Wildman–Crippen LogP) is 3.27. The molecule has 0 N–H and O–H groups in total. The lowest BCUT2D eigenvalue weighted by molar-refractivity contribution is 0.621. The first-order chi connectivity index (χ1) is 10.2. The zero-order valence-electron chi connectivity index (χ0n) is 12.5. The van der Waals surface area contributed by atoms with Crippen molar-refractivity contribution in [3.8, 4) is 0 Å². The van der Waals surface area contributed by atoms with Crippen LogP contribution in [-0.2, 0) is 6.54 Å². The Hall–Kier alpha value is -2.36. The van der Waals surface area contributed by atoms with Gasteiger partial charge in [-0.3, -0.25) is 0 Å². The largest absolute Gasteiger partial charge is 0.360 e. The fraction of sp³-hybridized carbons (Fsp3) is 0.294. The molecule has 0 radical (unpaired) electrons. The van der Waals surface area contributed by atoms with Crippen molar-refractivity contribution in [3.05, 3.63) is 54.6 Å². The monoisotopic (exact) mass is 280 g/mol. The topological polar surface area (TPSA) is 34.0 Å². The van der Waals surface area contributed by atoms with Gasteiger partial charge in [0, 0.05) is 37.9 Å². The van der Waals surface area contributed by atoms with E-state index in [1.165, 1.54) is 5.39 Å². The van der Waals surface area contributed by atoms with Crippen molar-refractivity contribution in [1.29, 1.82) is 0 Å². The van der Waals surface area contributed by atoms with Gasteiger partial charge < -0.3 is 9.47 Å². The van der Waals surface area contributed by atoms with Gasteiger partial charge in [0.25, 0.3) is 0 Å². The maximum atomic E-state index is 4.72. The minimum Gasteiger partial charge on any atom is -0.360 e. The molecule has 0 spiro atoms. The quantitative estimate of drug-likeness (QED) is 0.719. The maximum Gasteiger partial charge on any atom is 0.128 e. The molecule has 0 unspecified atom stereocenters. The molecule has 0 aliphatic carbocycles. The summed E-state index contributed by atoms with van der Waals surface area (Å²) in [5, 5.41) is 1.18. The number of imidazole rings is 1. The molecular weight excluding hydrogens is 260 g/mol. The third-order valence-corrected chi connectivity index (χ3v) is 3.79. The van der Waals surface area contributed by atoms with E-state index in [4.69, 9.17) is 4.98 Å². The van der Waals surface area contributed by atoms with Crippen LogP contribution in [0, 0.1) is 6.92 Å². The standard InChI is InChI=1S/C17H20N4/c1-14-18-10-13-21(14)12-5-11-20(2)17-9-8-15-6-3-4-7-16(15)19-17/h3-4,6-10,13H,5,11-12H2,1-2H3. The molecule has 0 aliphatic heterocycles. The number of nitrogens with zero attached hydrogens (tertiary/aromatic N) is 4. The van der Waals surface area contributed by atoms with Crippen LogP contribution >= 0.6 is 0 Å². The van der Waals surface area contributed by atoms with Gasteiger partial charge in [-0.15, -0.1) is 0 Å². The van der Waals surface area contributed by atoms with E-state index < -0.39 is 0 Å². The van der Waals surface area contributed by atoms with Crippen molar-refractivity contribution < 1.29 is 0 Å². The lowest BCUT2D eigenvalue weighted by atomic mass is 10.2. The Morgan fingerprint density at radius 2 is 2.00 bits per heavy atom. The van der Waals surface area contributed by atoms with Crippen LogP contribution in [-0.4, -0.2) is 28.1 Å². The molecule has 3 rings (SSSR count). The molecule has 0 amide bonds. The highest BCUT2D eigenvalue weighted by molar-refractivity contribution is 5.80. The van der Waals surface area contributed by atoms with Crippen LogP contribution in [0.3, 0.4) is 0 Å². The summed E-state index contributed by atoms with van der Waals surface area (Å²) in [7, 11) is 2.10. The number of rotatable bonds is 5. The van der Waals surface area contributed by atoms with Crippen molar-refractivity contribution in [2.75, 3.05) is 18.5 Å². The molecule has 108 valence electrons. The first-order valence-electron chi connectivity index (χ1n) is 7.29. The second-order valence-electron chi connectivity index (χ2n) is 5.31. The Kier molecular flexibility index (Phi) is 3.86. The van der Waals surface area contributed by atoms with E-state index in [-0.39, 0.29) is 0 Å². The lowest BCUT2D eigenvalue weighted by Crippen LogP contribution is -2.21. The van der Waals surface area contributed by atoms with Gasteiger partial charge in [0.2, 0.25) is 0 Å². The molecule has 4 heteroatoms. The van der Waals surface area contributed by atoms with Crippen LogP contribution in [0.5, 0.6) is 0 Å². The van der Waals surface area contributed by atoms with Crippen molar-refractivity contribution in [1.82, 2.24) is 14.5 Å². The van der Waals surface area contributed by atoms with E-state index in [2.05, 4.69) is 45.8 Å².